The smallest absolute Gasteiger partial charge is 0.226 e. The maximum atomic E-state index is 12.2. The molecule has 0 atom stereocenters. The van der Waals surface area contributed by atoms with E-state index in [9.17, 15) is 4.79 Å². The molecular formula is C16H23NO. The molecule has 2 heteroatoms. The minimum atomic E-state index is 0.304. The van der Waals surface area contributed by atoms with Gasteiger partial charge in [0.25, 0.3) is 0 Å². The summed E-state index contributed by atoms with van der Waals surface area (Å²) in [5, 5.41) is 0. The summed E-state index contributed by atoms with van der Waals surface area (Å²) < 4.78 is 0. The molecule has 0 saturated carbocycles. The Labute approximate surface area is 110 Å². The van der Waals surface area contributed by atoms with Gasteiger partial charge in [0.2, 0.25) is 5.91 Å². The molecule has 0 N–H and O–H groups in total. The van der Waals surface area contributed by atoms with Gasteiger partial charge < -0.3 is 4.90 Å². The van der Waals surface area contributed by atoms with Crippen LogP contribution in [0.5, 0.6) is 0 Å². The Morgan fingerprint density at radius 1 is 1.22 bits per heavy atom. The molecular weight excluding hydrogens is 222 g/mol. The number of fused-ring (bicyclic) bond motifs is 1. The van der Waals surface area contributed by atoms with Crippen LogP contribution in [0.25, 0.3) is 0 Å². The normalized spacial score (nSPS) is 14.4. The fourth-order valence-electron chi connectivity index (χ4n) is 2.63. The van der Waals surface area contributed by atoms with Crippen molar-refractivity contribution in [2.75, 3.05) is 11.4 Å². The molecule has 0 saturated heterocycles. The van der Waals surface area contributed by atoms with Crippen LogP contribution in [-0.2, 0) is 11.2 Å². The molecule has 18 heavy (non-hydrogen) atoms. The summed E-state index contributed by atoms with van der Waals surface area (Å²) in [7, 11) is 0. The highest BCUT2D eigenvalue weighted by Crippen LogP contribution is 2.27. The van der Waals surface area contributed by atoms with Gasteiger partial charge in [0.15, 0.2) is 0 Å². The van der Waals surface area contributed by atoms with E-state index in [4.69, 9.17) is 0 Å². The molecule has 0 unspecified atom stereocenters. The van der Waals surface area contributed by atoms with Crippen molar-refractivity contribution in [1.82, 2.24) is 0 Å². The van der Waals surface area contributed by atoms with Gasteiger partial charge in [-0.1, -0.05) is 44.4 Å². The second kappa shape index (κ2) is 6.58. The number of hydrogen-bond donors (Lipinski definition) is 0. The van der Waals surface area contributed by atoms with E-state index in [1.165, 1.54) is 24.8 Å². The lowest BCUT2D eigenvalue weighted by Gasteiger charge is -2.29. The maximum Gasteiger partial charge on any atom is 0.226 e. The zero-order valence-corrected chi connectivity index (χ0v) is 11.3. The Balaban J connectivity index is 1.95. The van der Waals surface area contributed by atoms with Gasteiger partial charge in [-0.15, -0.1) is 0 Å². The lowest BCUT2D eigenvalue weighted by molar-refractivity contribution is -0.118. The molecule has 0 aliphatic carbocycles. The van der Waals surface area contributed by atoms with Gasteiger partial charge in [-0.05, 0) is 30.9 Å². The molecule has 0 aromatic heterocycles. The molecule has 1 aliphatic rings. The van der Waals surface area contributed by atoms with E-state index in [2.05, 4.69) is 25.1 Å². The summed E-state index contributed by atoms with van der Waals surface area (Å²) in [6, 6.07) is 8.32. The fourth-order valence-corrected chi connectivity index (χ4v) is 2.63. The van der Waals surface area contributed by atoms with E-state index in [0.29, 0.717) is 12.3 Å². The van der Waals surface area contributed by atoms with Gasteiger partial charge in [-0.2, -0.15) is 0 Å². The lowest BCUT2D eigenvalue weighted by atomic mass is 10.0. The molecule has 1 heterocycles. The van der Waals surface area contributed by atoms with Crippen molar-refractivity contribution in [3.8, 4) is 0 Å². The highest BCUT2D eigenvalue weighted by molar-refractivity contribution is 5.94. The molecule has 1 aromatic carbocycles. The van der Waals surface area contributed by atoms with Crippen molar-refractivity contribution in [2.24, 2.45) is 0 Å². The third-order valence-corrected chi connectivity index (χ3v) is 3.66. The molecule has 2 rings (SSSR count). The van der Waals surface area contributed by atoms with Gasteiger partial charge in [0.1, 0.15) is 0 Å². The summed E-state index contributed by atoms with van der Waals surface area (Å²) in [5.41, 5.74) is 2.47. The Bertz CT molecular complexity index is 400. The van der Waals surface area contributed by atoms with Crippen LogP contribution < -0.4 is 4.90 Å². The third kappa shape index (κ3) is 3.12. The number of carbonyl (C=O) groups is 1. The number of benzene rings is 1. The highest BCUT2D eigenvalue weighted by Gasteiger charge is 2.21. The second-order valence-electron chi connectivity index (χ2n) is 5.09. The van der Waals surface area contributed by atoms with Gasteiger partial charge >= 0.3 is 0 Å². The topological polar surface area (TPSA) is 20.3 Å². The van der Waals surface area contributed by atoms with Crippen molar-refractivity contribution in [1.29, 1.82) is 0 Å². The highest BCUT2D eigenvalue weighted by atomic mass is 16.2. The molecule has 1 aromatic rings. The zero-order valence-electron chi connectivity index (χ0n) is 11.3. The number of nitrogens with zero attached hydrogens (tertiary/aromatic N) is 1. The van der Waals surface area contributed by atoms with Crippen LogP contribution in [0.2, 0.25) is 0 Å². The summed E-state index contributed by atoms with van der Waals surface area (Å²) >= 11 is 0. The van der Waals surface area contributed by atoms with Crippen LogP contribution in [0.4, 0.5) is 5.69 Å². The number of rotatable bonds is 5. The first-order valence-electron chi connectivity index (χ1n) is 7.21. The first-order valence-corrected chi connectivity index (χ1v) is 7.21. The third-order valence-electron chi connectivity index (χ3n) is 3.66. The van der Waals surface area contributed by atoms with E-state index in [1.807, 2.05) is 11.0 Å². The van der Waals surface area contributed by atoms with Crippen LogP contribution in [-0.4, -0.2) is 12.5 Å². The summed E-state index contributed by atoms with van der Waals surface area (Å²) in [6.45, 7) is 3.09. The van der Waals surface area contributed by atoms with Crippen molar-refractivity contribution in [2.45, 2.75) is 51.9 Å². The van der Waals surface area contributed by atoms with E-state index in [0.717, 1.165) is 31.5 Å². The van der Waals surface area contributed by atoms with Crippen LogP contribution in [0.3, 0.4) is 0 Å². The molecule has 1 aliphatic heterocycles. The van der Waals surface area contributed by atoms with Crippen LogP contribution in [0.15, 0.2) is 24.3 Å². The first-order chi connectivity index (χ1) is 8.83. The Morgan fingerprint density at radius 3 is 2.89 bits per heavy atom. The molecule has 0 spiro atoms. The average molecular weight is 245 g/mol. The van der Waals surface area contributed by atoms with Crippen LogP contribution >= 0.6 is 0 Å². The Morgan fingerprint density at radius 2 is 2.06 bits per heavy atom. The second-order valence-corrected chi connectivity index (χ2v) is 5.09. The number of anilines is 1. The molecule has 0 bridgehead atoms. The number of amides is 1. The van der Waals surface area contributed by atoms with Gasteiger partial charge in [0.05, 0.1) is 0 Å². The molecule has 1 amide bonds. The molecule has 98 valence electrons. The molecule has 0 radical (unpaired) electrons. The number of unbranched alkanes of at least 4 members (excludes halogenated alkanes) is 3. The van der Waals surface area contributed by atoms with Gasteiger partial charge in [-0.25, -0.2) is 0 Å². The predicted octanol–water partition coefficient (Wildman–Crippen LogP) is 3.94. The van der Waals surface area contributed by atoms with Crippen molar-refractivity contribution >= 4 is 11.6 Å². The van der Waals surface area contributed by atoms with E-state index >= 15 is 0 Å². The minimum Gasteiger partial charge on any atom is -0.312 e. The van der Waals surface area contributed by atoms with Gasteiger partial charge in [-0.3, -0.25) is 4.79 Å². The zero-order chi connectivity index (χ0) is 12.8. The monoisotopic (exact) mass is 245 g/mol. The number of para-hydroxylation sites is 1. The summed E-state index contributed by atoms with van der Waals surface area (Å²) in [6.07, 6.45) is 7.58. The van der Waals surface area contributed by atoms with Crippen molar-refractivity contribution < 1.29 is 4.79 Å². The standard InChI is InChI=1S/C16H23NO/c1-2-3-4-5-12-16(18)17-13-8-10-14-9-6-7-11-15(14)17/h6-7,9,11H,2-5,8,10,12-13H2,1H3. The fraction of sp³-hybridized carbons (Fsp3) is 0.562. The minimum absolute atomic E-state index is 0.304. The summed E-state index contributed by atoms with van der Waals surface area (Å²) in [5.74, 6) is 0.304. The quantitative estimate of drug-likeness (QED) is 0.720. The van der Waals surface area contributed by atoms with E-state index in [1.54, 1.807) is 0 Å². The van der Waals surface area contributed by atoms with Crippen molar-refractivity contribution in [3.63, 3.8) is 0 Å². The van der Waals surface area contributed by atoms with E-state index < -0.39 is 0 Å². The SMILES string of the molecule is CCCCCCC(=O)N1CCCc2ccccc21. The van der Waals surface area contributed by atoms with Gasteiger partial charge in [0, 0.05) is 18.7 Å². The largest absolute Gasteiger partial charge is 0.312 e. The Hall–Kier alpha value is -1.31. The van der Waals surface area contributed by atoms with Crippen LogP contribution in [0, 0.1) is 0 Å². The number of hydrogen-bond acceptors (Lipinski definition) is 1. The van der Waals surface area contributed by atoms with Crippen molar-refractivity contribution in [3.05, 3.63) is 29.8 Å². The average Bonchev–Trinajstić information content (AvgIpc) is 2.43. The number of aryl methyl sites for hydroxylation is 1. The van der Waals surface area contributed by atoms with E-state index in [-0.39, 0.29) is 0 Å². The Kier molecular flexibility index (Phi) is 4.80. The maximum absolute atomic E-state index is 12.2. The van der Waals surface area contributed by atoms with Crippen LogP contribution in [0.1, 0.15) is 51.0 Å². The predicted molar refractivity (Wildman–Crippen MR) is 75.9 cm³/mol. The first kappa shape index (κ1) is 13.1. The molecule has 2 nitrogen and oxygen atoms in total. The summed E-state index contributed by atoms with van der Waals surface area (Å²) in [4.78, 5) is 14.2. The lowest BCUT2D eigenvalue weighted by Crippen LogP contribution is -2.35. The molecule has 0 fully saturated rings. The number of carbonyl (C=O) groups excluding carboxylic acids is 1.